The van der Waals surface area contributed by atoms with Crippen LogP contribution in [-0.2, 0) is 29.1 Å². The van der Waals surface area contributed by atoms with Crippen molar-refractivity contribution in [3.05, 3.63) is 58.9 Å². The highest BCUT2D eigenvalue weighted by molar-refractivity contribution is 5.89. The van der Waals surface area contributed by atoms with E-state index in [1.54, 1.807) is 18.0 Å². The van der Waals surface area contributed by atoms with Gasteiger partial charge in [-0.05, 0) is 41.8 Å². The summed E-state index contributed by atoms with van der Waals surface area (Å²) in [5, 5.41) is 5.53. The molecule has 3 rings (SSSR count). The van der Waals surface area contributed by atoms with Crippen molar-refractivity contribution >= 4 is 17.6 Å². The van der Waals surface area contributed by atoms with Gasteiger partial charge in [-0.3, -0.25) is 4.79 Å². The molecule has 29 heavy (non-hydrogen) atoms. The van der Waals surface area contributed by atoms with Gasteiger partial charge in [0.1, 0.15) is 11.6 Å². The van der Waals surface area contributed by atoms with Crippen LogP contribution in [0.1, 0.15) is 23.6 Å². The Morgan fingerprint density at radius 1 is 1.24 bits per heavy atom. The molecule has 2 N–H and O–H groups in total. The molecule has 1 aliphatic heterocycles. The third-order valence-electron chi connectivity index (χ3n) is 4.57. The summed E-state index contributed by atoms with van der Waals surface area (Å²) < 4.78 is 24.4. The van der Waals surface area contributed by atoms with Gasteiger partial charge in [-0.1, -0.05) is 12.1 Å². The molecular formula is C21H24FN3O4. The summed E-state index contributed by atoms with van der Waals surface area (Å²) in [4.78, 5) is 25.1. The number of urea groups is 1. The molecule has 0 radical (unpaired) electrons. The molecule has 0 bridgehead atoms. The fourth-order valence-electron chi connectivity index (χ4n) is 3.06. The first-order chi connectivity index (χ1) is 13.9. The topological polar surface area (TPSA) is 79.9 Å². The van der Waals surface area contributed by atoms with Crippen molar-refractivity contribution in [3.63, 3.8) is 0 Å². The molecule has 0 atom stereocenters. The van der Waals surface area contributed by atoms with Gasteiger partial charge < -0.3 is 25.0 Å². The minimum atomic E-state index is -0.364. The smallest absolute Gasteiger partial charge is 0.319 e. The predicted molar refractivity (Wildman–Crippen MR) is 106 cm³/mol. The fraction of sp³-hybridized carbons (Fsp3) is 0.333. The standard InChI is InChI=1S/C21H24FN3O4/c1-14(26)25(2)11-15-4-3-5-19(8-15)24-21(27)23-7-6-16-9-18(22)10-17-12-28-13-29-20(16)17/h3-5,8-10H,6-7,11-13H2,1-2H3,(H2,23,24,27). The zero-order valence-electron chi connectivity index (χ0n) is 16.5. The number of halogens is 1. The molecule has 0 aliphatic carbocycles. The highest BCUT2D eigenvalue weighted by Gasteiger charge is 2.17. The van der Waals surface area contributed by atoms with E-state index in [4.69, 9.17) is 9.47 Å². The summed E-state index contributed by atoms with van der Waals surface area (Å²) >= 11 is 0. The molecular weight excluding hydrogens is 377 g/mol. The summed E-state index contributed by atoms with van der Waals surface area (Å²) in [7, 11) is 1.72. The second-order valence-corrected chi connectivity index (χ2v) is 6.87. The Labute approximate surface area is 168 Å². The molecule has 0 aromatic heterocycles. The van der Waals surface area contributed by atoms with E-state index in [2.05, 4.69) is 10.6 Å². The number of amides is 3. The summed E-state index contributed by atoms with van der Waals surface area (Å²) in [5.41, 5.74) is 2.90. The number of benzene rings is 2. The number of anilines is 1. The monoisotopic (exact) mass is 401 g/mol. The average molecular weight is 401 g/mol. The Balaban J connectivity index is 1.53. The second kappa shape index (κ2) is 9.38. The van der Waals surface area contributed by atoms with Gasteiger partial charge in [-0.15, -0.1) is 0 Å². The van der Waals surface area contributed by atoms with Crippen LogP contribution in [0.25, 0.3) is 0 Å². The Morgan fingerprint density at radius 3 is 2.86 bits per heavy atom. The molecule has 0 saturated heterocycles. The molecule has 3 amide bonds. The lowest BCUT2D eigenvalue weighted by Crippen LogP contribution is -2.30. The largest absolute Gasteiger partial charge is 0.467 e. The van der Waals surface area contributed by atoms with E-state index in [0.717, 1.165) is 5.56 Å². The van der Waals surface area contributed by atoms with E-state index >= 15 is 0 Å². The van der Waals surface area contributed by atoms with Crippen molar-refractivity contribution in [1.82, 2.24) is 10.2 Å². The quantitative estimate of drug-likeness (QED) is 0.780. The van der Waals surface area contributed by atoms with Crippen molar-refractivity contribution in [2.24, 2.45) is 0 Å². The Kier molecular flexibility index (Phi) is 6.66. The summed E-state index contributed by atoms with van der Waals surface area (Å²) in [5.74, 6) is 0.239. The van der Waals surface area contributed by atoms with Crippen molar-refractivity contribution in [3.8, 4) is 5.75 Å². The molecule has 2 aromatic rings. The van der Waals surface area contributed by atoms with Crippen molar-refractivity contribution in [2.75, 3.05) is 25.7 Å². The molecule has 1 aliphatic rings. The van der Waals surface area contributed by atoms with Gasteiger partial charge in [0.05, 0.1) is 6.61 Å². The number of carbonyl (C=O) groups is 2. The van der Waals surface area contributed by atoms with Crippen LogP contribution in [-0.4, -0.2) is 37.2 Å². The number of nitrogens with one attached hydrogen (secondary N) is 2. The summed E-state index contributed by atoms with van der Waals surface area (Å²) in [6.07, 6.45) is 0.428. The lowest BCUT2D eigenvalue weighted by atomic mass is 10.1. The van der Waals surface area contributed by atoms with Crippen molar-refractivity contribution in [2.45, 2.75) is 26.5 Å². The van der Waals surface area contributed by atoms with Crippen LogP contribution in [0.3, 0.4) is 0 Å². The number of ether oxygens (including phenoxy) is 2. The van der Waals surface area contributed by atoms with Gasteiger partial charge in [-0.2, -0.15) is 0 Å². The molecule has 8 heteroatoms. The number of rotatable bonds is 6. The van der Waals surface area contributed by atoms with Crippen LogP contribution < -0.4 is 15.4 Å². The van der Waals surface area contributed by atoms with Gasteiger partial charge in [0.25, 0.3) is 0 Å². The zero-order chi connectivity index (χ0) is 20.8. The predicted octanol–water partition coefficient (Wildman–Crippen LogP) is 3.03. The minimum absolute atomic E-state index is 0.0313. The molecule has 2 aromatic carbocycles. The van der Waals surface area contributed by atoms with Crippen molar-refractivity contribution in [1.29, 1.82) is 0 Å². The molecule has 7 nitrogen and oxygen atoms in total. The van der Waals surface area contributed by atoms with Crippen LogP contribution in [0.4, 0.5) is 14.9 Å². The van der Waals surface area contributed by atoms with Gasteiger partial charge in [0, 0.05) is 38.3 Å². The number of carbonyl (C=O) groups excluding carboxylic acids is 2. The molecule has 0 saturated carbocycles. The maximum absolute atomic E-state index is 13.8. The van der Waals surface area contributed by atoms with Gasteiger partial charge in [0.2, 0.25) is 5.91 Å². The maximum atomic E-state index is 13.8. The lowest BCUT2D eigenvalue weighted by Gasteiger charge is -2.21. The average Bonchev–Trinajstić information content (AvgIpc) is 2.68. The lowest BCUT2D eigenvalue weighted by molar-refractivity contribution is -0.128. The first-order valence-electron chi connectivity index (χ1n) is 9.29. The van der Waals surface area contributed by atoms with Crippen LogP contribution in [0.15, 0.2) is 36.4 Å². The fourth-order valence-corrected chi connectivity index (χ4v) is 3.06. The Morgan fingerprint density at radius 2 is 2.07 bits per heavy atom. The highest BCUT2D eigenvalue weighted by atomic mass is 19.1. The third-order valence-corrected chi connectivity index (χ3v) is 4.57. The van der Waals surface area contributed by atoms with E-state index in [-0.39, 0.29) is 24.5 Å². The number of hydrogen-bond acceptors (Lipinski definition) is 4. The van der Waals surface area contributed by atoms with Gasteiger partial charge >= 0.3 is 6.03 Å². The summed E-state index contributed by atoms with van der Waals surface area (Å²) in [6.45, 7) is 2.72. The van der Waals surface area contributed by atoms with Crippen LogP contribution in [0, 0.1) is 5.82 Å². The summed E-state index contributed by atoms with van der Waals surface area (Å²) in [6, 6.07) is 9.74. The molecule has 1 heterocycles. The van der Waals surface area contributed by atoms with E-state index in [1.807, 2.05) is 18.2 Å². The number of fused-ring (bicyclic) bond motifs is 1. The molecule has 0 unspecified atom stereocenters. The van der Waals surface area contributed by atoms with E-state index < -0.39 is 0 Å². The van der Waals surface area contributed by atoms with E-state index in [1.165, 1.54) is 19.1 Å². The Hall–Kier alpha value is -3.13. The SMILES string of the molecule is CC(=O)N(C)Cc1cccc(NC(=O)NCCc2cc(F)cc3c2OCOC3)c1. The van der Waals surface area contributed by atoms with Gasteiger partial charge in [-0.25, -0.2) is 9.18 Å². The van der Waals surface area contributed by atoms with Crippen LogP contribution in [0.5, 0.6) is 5.75 Å². The van der Waals surface area contributed by atoms with Crippen molar-refractivity contribution < 1.29 is 23.5 Å². The highest BCUT2D eigenvalue weighted by Crippen LogP contribution is 2.29. The zero-order valence-corrected chi connectivity index (χ0v) is 16.5. The third kappa shape index (κ3) is 5.68. The second-order valence-electron chi connectivity index (χ2n) is 6.87. The molecule has 0 spiro atoms. The molecule has 154 valence electrons. The van der Waals surface area contributed by atoms with E-state index in [9.17, 15) is 14.0 Å². The number of nitrogens with zero attached hydrogens (tertiary/aromatic N) is 1. The van der Waals surface area contributed by atoms with Crippen LogP contribution >= 0.6 is 0 Å². The van der Waals surface area contributed by atoms with Gasteiger partial charge in [0.15, 0.2) is 6.79 Å². The first kappa shape index (κ1) is 20.6. The van der Waals surface area contributed by atoms with E-state index in [0.29, 0.717) is 48.7 Å². The van der Waals surface area contributed by atoms with Crippen LogP contribution in [0.2, 0.25) is 0 Å². The Bertz CT molecular complexity index is 903. The normalized spacial score (nSPS) is 12.5. The first-order valence-corrected chi connectivity index (χ1v) is 9.29. The maximum Gasteiger partial charge on any atom is 0.319 e. The number of hydrogen-bond donors (Lipinski definition) is 2. The molecule has 0 fully saturated rings. The minimum Gasteiger partial charge on any atom is -0.467 e.